The van der Waals surface area contributed by atoms with Crippen molar-refractivity contribution >= 4 is 17.8 Å². The van der Waals surface area contributed by atoms with Crippen LogP contribution in [0.15, 0.2) is 34.1 Å². The number of carbonyl (C=O) groups excluding carboxylic acids is 3. The van der Waals surface area contributed by atoms with Crippen LogP contribution in [0.4, 0.5) is 13.2 Å². The SMILES string of the molecule is COC(=O)C1=C(C)NC(=O)[C@]1(NC(=O)c1ccco1)C(F)(F)F. The zero-order chi connectivity index (χ0) is 17.4. The highest BCUT2D eigenvalue weighted by Gasteiger charge is 2.69. The van der Waals surface area contributed by atoms with Crippen LogP contribution in [0, 0.1) is 0 Å². The maximum Gasteiger partial charge on any atom is 0.425 e. The number of esters is 1. The predicted octanol–water partition coefficient (Wildman–Crippen LogP) is 0.887. The van der Waals surface area contributed by atoms with Crippen molar-refractivity contribution < 1.29 is 36.7 Å². The molecule has 0 fully saturated rings. The minimum Gasteiger partial charge on any atom is -0.466 e. The number of halogens is 3. The van der Waals surface area contributed by atoms with Gasteiger partial charge < -0.3 is 19.8 Å². The zero-order valence-electron chi connectivity index (χ0n) is 11.9. The fraction of sp³-hybridized carbons (Fsp3) is 0.308. The average Bonchev–Trinajstić information content (AvgIpc) is 3.05. The lowest BCUT2D eigenvalue weighted by atomic mass is 9.89. The lowest BCUT2D eigenvalue weighted by molar-refractivity contribution is -0.188. The molecule has 0 aromatic carbocycles. The standard InChI is InChI=1S/C13H11F3N2O5/c1-6-8(10(20)22-2)12(11(21)17-6,13(14,15)16)18-9(19)7-4-3-5-23-7/h3-5H,1-2H3,(H,17,21)(H,18,19)/t12-/m0/s1. The molecule has 23 heavy (non-hydrogen) atoms. The zero-order valence-corrected chi connectivity index (χ0v) is 11.9. The number of furan rings is 1. The molecule has 1 atom stereocenters. The number of ether oxygens (including phenoxy) is 1. The Balaban J connectivity index is 2.57. The van der Waals surface area contributed by atoms with Crippen molar-refractivity contribution in [3.05, 3.63) is 35.4 Å². The number of amides is 2. The van der Waals surface area contributed by atoms with Crippen LogP contribution in [-0.2, 0) is 14.3 Å². The van der Waals surface area contributed by atoms with Crippen molar-refractivity contribution in [3.63, 3.8) is 0 Å². The number of allylic oxidation sites excluding steroid dienone is 1. The third kappa shape index (κ3) is 2.45. The first-order valence-corrected chi connectivity index (χ1v) is 6.19. The van der Waals surface area contributed by atoms with Crippen LogP contribution in [0.2, 0.25) is 0 Å². The summed E-state index contributed by atoms with van der Waals surface area (Å²) in [5, 5.41) is 3.46. The molecule has 0 radical (unpaired) electrons. The number of methoxy groups -OCH3 is 1. The van der Waals surface area contributed by atoms with Crippen LogP contribution in [0.1, 0.15) is 17.5 Å². The summed E-state index contributed by atoms with van der Waals surface area (Å²) in [4.78, 5) is 35.7. The van der Waals surface area contributed by atoms with E-state index in [0.29, 0.717) is 0 Å². The van der Waals surface area contributed by atoms with Crippen molar-refractivity contribution in [2.45, 2.75) is 18.6 Å². The van der Waals surface area contributed by atoms with E-state index in [1.165, 1.54) is 6.07 Å². The van der Waals surface area contributed by atoms with Crippen LogP contribution < -0.4 is 10.6 Å². The van der Waals surface area contributed by atoms with Crippen molar-refractivity contribution in [2.24, 2.45) is 0 Å². The second kappa shape index (κ2) is 5.45. The van der Waals surface area contributed by atoms with E-state index in [-0.39, 0.29) is 5.70 Å². The lowest BCUT2D eigenvalue weighted by Gasteiger charge is -2.31. The van der Waals surface area contributed by atoms with Gasteiger partial charge in [0.2, 0.25) is 5.54 Å². The van der Waals surface area contributed by atoms with Gasteiger partial charge in [-0.15, -0.1) is 0 Å². The highest BCUT2D eigenvalue weighted by molar-refractivity contribution is 6.11. The minimum atomic E-state index is -5.29. The van der Waals surface area contributed by atoms with E-state index >= 15 is 0 Å². The van der Waals surface area contributed by atoms with Gasteiger partial charge >= 0.3 is 12.1 Å². The second-order valence-electron chi connectivity index (χ2n) is 4.62. The fourth-order valence-corrected chi connectivity index (χ4v) is 2.23. The monoisotopic (exact) mass is 332 g/mol. The van der Waals surface area contributed by atoms with Gasteiger partial charge in [-0.2, -0.15) is 13.2 Å². The first kappa shape index (κ1) is 16.6. The van der Waals surface area contributed by atoms with Gasteiger partial charge in [0, 0.05) is 5.70 Å². The van der Waals surface area contributed by atoms with E-state index < -0.39 is 40.8 Å². The molecule has 1 aliphatic rings. The van der Waals surface area contributed by atoms with Gasteiger partial charge in [0.1, 0.15) is 5.57 Å². The molecular weight excluding hydrogens is 321 g/mol. The number of hydrogen-bond donors (Lipinski definition) is 2. The van der Waals surface area contributed by atoms with Crippen molar-refractivity contribution in [2.75, 3.05) is 7.11 Å². The third-order valence-electron chi connectivity index (χ3n) is 3.25. The van der Waals surface area contributed by atoms with Crippen LogP contribution in [-0.4, -0.2) is 36.6 Å². The lowest BCUT2D eigenvalue weighted by Crippen LogP contribution is -2.66. The summed E-state index contributed by atoms with van der Waals surface area (Å²) in [5.41, 5.74) is -4.95. The van der Waals surface area contributed by atoms with E-state index in [1.807, 2.05) is 5.32 Å². The number of alkyl halides is 3. The van der Waals surface area contributed by atoms with Crippen molar-refractivity contribution in [3.8, 4) is 0 Å². The summed E-state index contributed by atoms with van der Waals surface area (Å²) in [6.45, 7) is 1.09. The Hall–Kier alpha value is -2.78. The summed E-state index contributed by atoms with van der Waals surface area (Å²) in [6.07, 6.45) is -4.22. The second-order valence-corrected chi connectivity index (χ2v) is 4.62. The molecule has 10 heteroatoms. The Labute approximate surface area is 127 Å². The van der Waals surface area contributed by atoms with Crippen LogP contribution in [0.5, 0.6) is 0 Å². The molecule has 124 valence electrons. The van der Waals surface area contributed by atoms with E-state index in [4.69, 9.17) is 4.42 Å². The van der Waals surface area contributed by atoms with E-state index in [2.05, 4.69) is 4.74 Å². The summed E-state index contributed by atoms with van der Waals surface area (Å²) >= 11 is 0. The molecule has 0 aliphatic carbocycles. The number of nitrogens with one attached hydrogen (secondary N) is 2. The van der Waals surface area contributed by atoms with E-state index in [9.17, 15) is 27.6 Å². The topological polar surface area (TPSA) is 97.6 Å². The van der Waals surface area contributed by atoms with Crippen LogP contribution in [0.25, 0.3) is 0 Å². The van der Waals surface area contributed by atoms with E-state index in [0.717, 1.165) is 26.4 Å². The Bertz CT molecular complexity index is 693. The molecule has 2 heterocycles. The van der Waals surface area contributed by atoms with Crippen LogP contribution in [0.3, 0.4) is 0 Å². The summed E-state index contributed by atoms with van der Waals surface area (Å²) < 4.78 is 49.9. The Morgan fingerprint density at radius 3 is 2.52 bits per heavy atom. The summed E-state index contributed by atoms with van der Waals surface area (Å²) in [5.74, 6) is -4.76. The molecule has 0 saturated carbocycles. The van der Waals surface area contributed by atoms with Gasteiger partial charge in [-0.3, -0.25) is 9.59 Å². The molecule has 2 rings (SSSR count). The Morgan fingerprint density at radius 1 is 1.39 bits per heavy atom. The maximum atomic E-state index is 13.6. The average molecular weight is 332 g/mol. The first-order chi connectivity index (χ1) is 10.6. The third-order valence-corrected chi connectivity index (χ3v) is 3.25. The van der Waals surface area contributed by atoms with E-state index in [1.54, 1.807) is 5.32 Å². The number of rotatable bonds is 3. The molecule has 2 amide bonds. The van der Waals surface area contributed by atoms with Gasteiger partial charge in [0.25, 0.3) is 11.8 Å². The normalized spacial score (nSPS) is 21.2. The van der Waals surface area contributed by atoms with Gasteiger partial charge in [-0.25, -0.2) is 4.79 Å². The molecule has 1 aliphatic heterocycles. The molecule has 0 saturated heterocycles. The number of carbonyl (C=O) groups is 3. The fourth-order valence-electron chi connectivity index (χ4n) is 2.23. The largest absolute Gasteiger partial charge is 0.466 e. The van der Waals surface area contributed by atoms with Crippen molar-refractivity contribution in [1.82, 2.24) is 10.6 Å². The van der Waals surface area contributed by atoms with Gasteiger partial charge in [-0.05, 0) is 19.1 Å². The molecule has 2 N–H and O–H groups in total. The molecule has 1 aromatic rings. The quantitative estimate of drug-likeness (QED) is 0.801. The van der Waals surface area contributed by atoms with Gasteiger partial charge in [0.15, 0.2) is 5.76 Å². The van der Waals surface area contributed by atoms with Gasteiger partial charge in [0.05, 0.1) is 13.4 Å². The molecule has 7 nitrogen and oxygen atoms in total. The minimum absolute atomic E-state index is 0.362. The Kier molecular flexibility index (Phi) is 3.93. The molecule has 0 unspecified atom stereocenters. The molecular formula is C13H11F3N2O5. The number of hydrogen-bond acceptors (Lipinski definition) is 5. The maximum absolute atomic E-state index is 13.6. The summed E-state index contributed by atoms with van der Waals surface area (Å²) in [7, 11) is 0.862. The molecule has 1 aromatic heterocycles. The highest BCUT2D eigenvalue weighted by atomic mass is 19.4. The first-order valence-electron chi connectivity index (χ1n) is 6.19. The predicted molar refractivity (Wildman–Crippen MR) is 67.8 cm³/mol. The smallest absolute Gasteiger partial charge is 0.425 e. The molecule has 0 bridgehead atoms. The van der Waals surface area contributed by atoms with Gasteiger partial charge in [-0.1, -0.05) is 0 Å². The highest BCUT2D eigenvalue weighted by Crippen LogP contribution is 2.41. The summed E-state index contributed by atoms with van der Waals surface area (Å²) in [6, 6.07) is 2.40. The van der Waals surface area contributed by atoms with Crippen LogP contribution >= 0.6 is 0 Å². The molecule has 0 spiro atoms. The van der Waals surface area contributed by atoms with Crippen molar-refractivity contribution in [1.29, 1.82) is 0 Å². The Morgan fingerprint density at radius 2 is 2.04 bits per heavy atom.